The molecule has 12 heavy (non-hydrogen) atoms. The molecule has 1 aromatic rings. The summed E-state index contributed by atoms with van der Waals surface area (Å²) >= 11 is 0. The van der Waals surface area contributed by atoms with Gasteiger partial charge in [-0.1, -0.05) is 0 Å². The van der Waals surface area contributed by atoms with Gasteiger partial charge in [0.1, 0.15) is 6.29 Å². The molecule has 0 N–H and O–H groups in total. The standard InChI is InChI=1S/C9H14N2O/c1-7-8(2)10-11(9(7)3)5-4-6-12/h6H,4-5H2,1-3H3. The monoisotopic (exact) mass is 166 g/mol. The number of rotatable bonds is 3. The lowest BCUT2D eigenvalue weighted by Gasteiger charge is -1.99. The van der Waals surface area contributed by atoms with Gasteiger partial charge in [-0.2, -0.15) is 5.10 Å². The van der Waals surface area contributed by atoms with E-state index in [2.05, 4.69) is 12.0 Å². The molecular formula is C9H14N2O. The Balaban J connectivity index is 2.85. The minimum Gasteiger partial charge on any atom is -0.303 e. The van der Waals surface area contributed by atoms with Crippen LogP contribution in [0.3, 0.4) is 0 Å². The van der Waals surface area contributed by atoms with Crippen LogP contribution < -0.4 is 0 Å². The lowest BCUT2D eigenvalue weighted by molar-refractivity contribution is -0.108. The second-order valence-electron chi connectivity index (χ2n) is 2.97. The van der Waals surface area contributed by atoms with E-state index in [1.807, 2.05) is 18.5 Å². The fraction of sp³-hybridized carbons (Fsp3) is 0.556. The van der Waals surface area contributed by atoms with Crippen LogP contribution in [0.15, 0.2) is 0 Å². The molecule has 0 aliphatic carbocycles. The van der Waals surface area contributed by atoms with E-state index in [1.54, 1.807) is 0 Å². The van der Waals surface area contributed by atoms with Gasteiger partial charge in [-0.25, -0.2) is 0 Å². The van der Waals surface area contributed by atoms with Gasteiger partial charge in [-0.05, 0) is 26.3 Å². The van der Waals surface area contributed by atoms with Crippen molar-refractivity contribution in [3.05, 3.63) is 17.0 Å². The highest BCUT2D eigenvalue weighted by molar-refractivity contribution is 5.49. The van der Waals surface area contributed by atoms with Crippen molar-refractivity contribution < 1.29 is 4.79 Å². The Labute approximate surface area is 72.4 Å². The molecule has 0 fully saturated rings. The number of aryl methyl sites for hydroxylation is 2. The smallest absolute Gasteiger partial charge is 0.121 e. The van der Waals surface area contributed by atoms with Gasteiger partial charge in [-0.3, -0.25) is 4.68 Å². The number of aldehydes is 1. The highest BCUT2D eigenvalue weighted by atomic mass is 16.1. The maximum Gasteiger partial charge on any atom is 0.121 e. The lowest BCUT2D eigenvalue weighted by atomic mass is 10.2. The van der Waals surface area contributed by atoms with Crippen molar-refractivity contribution in [3.8, 4) is 0 Å². The first-order valence-electron chi connectivity index (χ1n) is 4.11. The summed E-state index contributed by atoms with van der Waals surface area (Å²) < 4.78 is 1.89. The molecule has 1 rings (SSSR count). The van der Waals surface area contributed by atoms with Gasteiger partial charge in [0.25, 0.3) is 0 Å². The molecule has 0 aromatic carbocycles. The highest BCUT2D eigenvalue weighted by Crippen LogP contribution is 2.10. The van der Waals surface area contributed by atoms with Crippen molar-refractivity contribution in [1.29, 1.82) is 0 Å². The summed E-state index contributed by atoms with van der Waals surface area (Å²) in [6, 6.07) is 0. The van der Waals surface area contributed by atoms with Gasteiger partial charge in [0.2, 0.25) is 0 Å². The van der Waals surface area contributed by atoms with E-state index in [1.165, 1.54) is 5.56 Å². The maximum absolute atomic E-state index is 10.1. The molecule has 0 saturated heterocycles. The van der Waals surface area contributed by atoms with E-state index in [-0.39, 0.29) is 0 Å². The van der Waals surface area contributed by atoms with E-state index in [9.17, 15) is 4.79 Å². The minimum atomic E-state index is 0.543. The van der Waals surface area contributed by atoms with Crippen molar-refractivity contribution >= 4 is 6.29 Å². The van der Waals surface area contributed by atoms with E-state index in [0.717, 1.165) is 17.7 Å². The maximum atomic E-state index is 10.1. The molecule has 0 bridgehead atoms. The zero-order valence-corrected chi connectivity index (χ0v) is 7.79. The molecule has 0 spiro atoms. The Morgan fingerprint density at radius 3 is 2.50 bits per heavy atom. The van der Waals surface area contributed by atoms with Gasteiger partial charge >= 0.3 is 0 Å². The first kappa shape index (κ1) is 8.97. The summed E-state index contributed by atoms with van der Waals surface area (Å²) in [5.41, 5.74) is 3.44. The molecule has 66 valence electrons. The Morgan fingerprint density at radius 2 is 2.08 bits per heavy atom. The van der Waals surface area contributed by atoms with Crippen LogP contribution in [-0.4, -0.2) is 16.1 Å². The zero-order chi connectivity index (χ0) is 9.14. The summed E-state index contributed by atoms with van der Waals surface area (Å²) in [6.45, 7) is 6.76. The van der Waals surface area contributed by atoms with E-state index >= 15 is 0 Å². The second kappa shape index (κ2) is 3.52. The lowest BCUT2D eigenvalue weighted by Crippen LogP contribution is -2.02. The largest absolute Gasteiger partial charge is 0.303 e. The first-order valence-corrected chi connectivity index (χ1v) is 4.11. The van der Waals surface area contributed by atoms with Gasteiger partial charge in [-0.15, -0.1) is 0 Å². The summed E-state index contributed by atoms with van der Waals surface area (Å²) in [4.78, 5) is 10.1. The molecule has 3 heteroatoms. The summed E-state index contributed by atoms with van der Waals surface area (Å²) in [5, 5.41) is 4.31. The Kier molecular flexibility index (Phi) is 2.63. The molecule has 0 amide bonds. The summed E-state index contributed by atoms with van der Waals surface area (Å²) in [7, 11) is 0. The number of carbonyl (C=O) groups is 1. The number of hydrogen-bond donors (Lipinski definition) is 0. The van der Waals surface area contributed by atoms with Crippen LogP contribution in [0.5, 0.6) is 0 Å². The van der Waals surface area contributed by atoms with Gasteiger partial charge in [0.05, 0.1) is 5.69 Å². The molecular weight excluding hydrogens is 152 g/mol. The van der Waals surface area contributed by atoms with Crippen LogP contribution in [-0.2, 0) is 11.3 Å². The molecule has 0 aliphatic rings. The first-order chi connectivity index (χ1) is 5.66. The topological polar surface area (TPSA) is 34.9 Å². The fourth-order valence-electron chi connectivity index (χ4n) is 1.18. The molecule has 1 heterocycles. The zero-order valence-electron chi connectivity index (χ0n) is 7.79. The molecule has 0 radical (unpaired) electrons. The quantitative estimate of drug-likeness (QED) is 0.636. The Morgan fingerprint density at radius 1 is 1.42 bits per heavy atom. The van der Waals surface area contributed by atoms with Crippen LogP contribution in [0.4, 0.5) is 0 Å². The highest BCUT2D eigenvalue weighted by Gasteiger charge is 2.05. The Bertz CT molecular complexity index is 289. The van der Waals surface area contributed by atoms with Gasteiger partial charge < -0.3 is 4.79 Å². The molecule has 1 aromatic heterocycles. The molecule has 0 unspecified atom stereocenters. The van der Waals surface area contributed by atoms with Crippen molar-refractivity contribution in [3.63, 3.8) is 0 Å². The summed E-state index contributed by atoms with van der Waals surface area (Å²) in [5.74, 6) is 0. The SMILES string of the molecule is Cc1nn(CCC=O)c(C)c1C. The number of carbonyl (C=O) groups excluding carboxylic acids is 1. The van der Waals surface area contributed by atoms with Crippen molar-refractivity contribution in [2.24, 2.45) is 0 Å². The average Bonchev–Trinajstić information content (AvgIpc) is 2.30. The van der Waals surface area contributed by atoms with Gasteiger partial charge in [0.15, 0.2) is 0 Å². The van der Waals surface area contributed by atoms with Gasteiger partial charge in [0, 0.05) is 18.7 Å². The van der Waals surface area contributed by atoms with Crippen molar-refractivity contribution in [2.75, 3.05) is 0 Å². The third kappa shape index (κ3) is 1.55. The number of aromatic nitrogens is 2. The van der Waals surface area contributed by atoms with E-state index in [0.29, 0.717) is 13.0 Å². The number of hydrogen-bond acceptors (Lipinski definition) is 2. The minimum absolute atomic E-state index is 0.543. The third-order valence-corrected chi connectivity index (χ3v) is 2.20. The predicted molar refractivity (Wildman–Crippen MR) is 47.1 cm³/mol. The Hall–Kier alpha value is -1.12. The third-order valence-electron chi connectivity index (χ3n) is 2.20. The summed E-state index contributed by atoms with van der Waals surface area (Å²) in [6.07, 6.45) is 1.47. The second-order valence-corrected chi connectivity index (χ2v) is 2.97. The van der Waals surface area contributed by atoms with E-state index in [4.69, 9.17) is 0 Å². The molecule has 3 nitrogen and oxygen atoms in total. The number of nitrogens with zero attached hydrogens (tertiary/aromatic N) is 2. The van der Waals surface area contributed by atoms with Crippen LogP contribution in [0.25, 0.3) is 0 Å². The van der Waals surface area contributed by atoms with Crippen LogP contribution >= 0.6 is 0 Å². The van der Waals surface area contributed by atoms with E-state index < -0.39 is 0 Å². The van der Waals surface area contributed by atoms with Crippen LogP contribution in [0, 0.1) is 20.8 Å². The van der Waals surface area contributed by atoms with Crippen molar-refractivity contribution in [1.82, 2.24) is 9.78 Å². The fourth-order valence-corrected chi connectivity index (χ4v) is 1.18. The normalized spacial score (nSPS) is 10.2. The van der Waals surface area contributed by atoms with Crippen LogP contribution in [0.1, 0.15) is 23.4 Å². The predicted octanol–water partition coefficient (Wildman–Crippen LogP) is 1.40. The average molecular weight is 166 g/mol. The molecule has 0 aliphatic heterocycles. The van der Waals surface area contributed by atoms with Crippen LogP contribution in [0.2, 0.25) is 0 Å². The molecule has 0 atom stereocenters. The van der Waals surface area contributed by atoms with Crippen molar-refractivity contribution in [2.45, 2.75) is 33.7 Å². The molecule has 0 saturated carbocycles.